The predicted molar refractivity (Wildman–Crippen MR) is 79.0 cm³/mol. The molecule has 3 rings (SSSR count). The molecule has 2 N–H and O–H groups in total. The molecule has 0 saturated carbocycles. The first-order chi connectivity index (χ1) is 9.63. The van der Waals surface area contributed by atoms with Gasteiger partial charge in [0.2, 0.25) is 0 Å². The lowest BCUT2D eigenvalue weighted by Gasteiger charge is -2.14. The number of imidazole rings is 1. The van der Waals surface area contributed by atoms with Crippen molar-refractivity contribution >= 4 is 16.7 Å². The molecule has 1 atom stereocenters. The van der Waals surface area contributed by atoms with Crippen LogP contribution in [0, 0.1) is 5.82 Å². The number of anilines is 1. The Morgan fingerprint density at radius 1 is 1.20 bits per heavy atom. The van der Waals surface area contributed by atoms with Gasteiger partial charge in [-0.3, -0.25) is 0 Å². The van der Waals surface area contributed by atoms with Crippen LogP contribution in [0.1, 0.15) is 18.5 Å². The molecule has 20 heavy (non-hydrogen) atoms. The summed E-state index contributed by atoms with van der Waals surface area (Å²) in [7, 11) is 0. The quantitative estimate of drug-likeness (QED) is 0.739. The zero-order valence-electron chi connectivity index (χ0n) is 11.3. The number of aromatic nitrogens is 2. The van der Waals surface area contributed by atoms with Crippen molar-refractivity contribution in [3.05, 3.63) is 60.2 Å². The van der Waals surface area contributed by atoms with E-state index in [-0.39, 0.29) is 11.9 Å². The lowest BCUT2D eigenvalue weighted by molar-refractivity contribution is 0.557. The summed E-state index contributed by atoms with van der Waals surface area (Å²) < 4.78 is 15.0. The third-order valence-corrected chi connectivity index (χ3v) is 3.52. The van der Waals surface area contributed by atoms with Crippen LogP contribution in [0.2, 0.25) is 0 Å². The molecule has 2 aromatic carbocycles. The standard InChI is InChI=1S/C16H16FN3/c1-11(8-12-2-4-13(17)5-3-12)20-10-19-15-9-14(18)6-7-16(15)20/h2-7,9-11H,8,18H2,1H3. The third kappa shape index (κ3) is 2.37. The molecule has 0 saturated heterocycles. The van der Waals surface area contributed by atoms with E-state index in [1.807, 2.05) is 36.7 Å². The zero-order valence-corrected chi connectivity index (χ0v) is 11.3. The van der Waals surface area contributed by atoms with Gasteiger partial charge in [-0.15, -0.1) is 0 Å². The fourth-order valence-electron chi connectivity index (χ4n) is 2.46. The van der Waals surface area contributed by atoms with Crippen LogP contribution in [0.3, 0.4) is 0 Å². The summed E-state index contributed by atoms with van der Waals surface area (Å²) in [6, 6.07) is 12.6. The van der Waals surface area contributed by atoms with Crippen LogP contribution in [-0.2, 0) is 6.42 Å². The lowest BCUT2D eigenvalue weighted by Crippen LogP contribution is -2.07. The van der Waals surface area contributed by atoms with E-state index in [1.54, 1.807) is 0 Å². The Bertz CT molecular complexity index is 731. The van der Waals surface area contributed by atoms with Crippen molar-refractivity contribution in [1.82, 2.24) is 9.55 Å². The lowest BCUT2D eigenvalue weighted by atomic mass is 10.1. The summed E-state index contributed by atoms with van der Waals surface area (Å²) in [4.78, 5) is 4.38. The van der Waals surface area contributed by atoms with Crippen LogP contribution in [0.5, 0.6) is 0 Å². The number of fused-ring (bicyclic) bond motifs is 1. The summed E-state index contributed by atoms with van der Waals surface area (Å²) in [5.41, 5.74) is 9.55. The molecule has 0 aliphatic carbocycles. The zero-order chi connectivity index (χ0) is 14.1. The highest BCUT2D eigenvalue weighted by molar-refractivity contribution is 5.79. The third-order valence-electron chi connectivity index (χ3n) is 3.52. The van der Waals surface area contributed by atoms with Gasteiger partial charge in [0.05, 0.1) is 17.4 Å². The minimum atomic E-state index is -0.204. The Morgan fingerprint density at radius 3 is 2.70 bits per heavy atom. The molecular weight excluding hydrogens is 253 g/mol. The van der Waals surface area contributed by atoms with Crippen molar-refractivity contribution in [2.45, 2.75) is 19.4 Å². The van der Waals surface area contributed by atoms with Crippen LogP contribution < -0.4 is 5.73 Å². The van der Waals surface area contributed by atoms with Crippen molar-refractivity contribution in [3.63, 3.8) is 0 Å². The number of hydrogen-bond acceptors (Lipinski definition) is 2. The van der Waals surface area contributed by atoms with E-state index >= 15 is 0 Å². The van der Waals surface area contributed by atoms with Crippen LogP contribution >= 0.6 is 0 Å². The molecule has 0 spiro atoms. The molecular formula is C16H16FN3. The maximum absolute atomic E-state index is 12.9. The van der Waals surface area contributed by atoms with E-state index in [9.17, 15) is 4.39 Å². The average Bonchev–Trinajstić information content (AvgIpc) is 2.84. The molecule has 1 heterocycles. The Hall–Kier alpha value is -2.36. The van der Waals surface area contributed by atoms with E-state index in [0.29, 0.717) is 5.69 Å². The van der Waals surface area contributed by atoms with Crippen LogP contribution in [0.4, 0.5) is 10.1 Å². The maximum Gasteiger partial charge on any atom is 0.123 e. The van der Waals surface area contributed by atoms with Crippen LogP contribution in [0.15, 0.2) is 48.8 Å². The molecule has 0 radical (unpaired) electrons. The molecule has 1 aromatic heterocycles. The monoisotopic (exact) mass is 269 g/mol. The Kier molecular flexibility index (Phi) is 3.14. The number of hydrogen-bond donors (Lipinski definition) is 1. The van der Waals surface area contributed by atoms with Crippen molar-refractivity contribution in [1.29, 1.82) is 0 Å². The number of nitrogen functional groups attached to an aromatic ring is 1. The van der Waals surface area contributed by atoms with Gasteiger partial charge in [-0.05, 0) is 49.2 Å². The first-order valence-corrected chi connectivity index (χ1v) is 6.60. The average molecular weight is 269 g/mol. The number of halogens is 1. The molecule has 3 aromatic rings. The first-order valence-electron chi connectivity index (χ1n) is 6.60. The smallest absolute Gasteiger partial charge is 0.123 e. The summed E-state index contributed by atoms with van der Waals surface area (Å²) >= 11 is 0. The van der Waals surface area contributed by atoms with Gasteiger partial charge in [0.25, 0.3) is 0 Å². The van der Waals surface area contributed by atoms with Gasteiger partial charge in [0.1, 0.15) is 5.82 Å². The predicted octanol–water partition coefficient (Wildman–Crippen LogP) is 3.56. The van der Waals surface area contributed by atoms with Gasteiger partial charge in [0.15, 0.2) is 0 Å². The second-order valence-electron chi connectivity index (χ2n) is 5.08. The maximum atomic E-state index is 12.9. The molecule has 0 amide bonds. The molecule has 3 nitrogen and oxygen atoms in total. The highest BCUT2D eigenvalue weighted by atomic mass is 19.1. The van der Waals surface area contributed by atoms with Crippen molar-refractivity contribution in [2.24, 2.45) is 0 Å². The minimum Gasteiger partial charge on any atom is -0.399 e. The fourth-order valence-corrected chi connectivity index (χ4v) is 2.46. The Morgan fingerprint density at radius 2 is 1.95 bits per heavy atom. The van der Waals surface area contributed by atoms with E-state index in [4.69, 9.17) is 5.73 Å². The fraction of sp³-hybridized carbons (Fsp3) is 0.188. The van der Waals surface area contributed by atoms with E-state index in [2.05, 4.69) is 16.5 Å². The summed E-state index contributed by atoms with van der Waals surface area (Å²) in [6.07, 6.45) is 2.66. The molecule has 0 aliphatic rings. The SMILES string of the molecule is CC(Cc1ccc(F)cc1)n1cnc2cc(N)ccc21. The van der Waals surface area contributed by atoms with Gasteiger partial charge in [-0.25, -0.2) is 9.37 Å². The van der Waals surface area contributed by atoms with Crippen molar-refractivity contribution < 1.29 is 4.39 Å². The molecule has 0 bridgehead atoms. The first kappa shape index (κ1) is 12.7. The van der Waals surface area contributed by atoms with Gasteiger partial charge in [0, 0.05) is 11.7 Å². The van der Waals surface area contributed by atoms with Gasteiger partial charge >= 0.3 is 0 Å². The number of benzene rings is 2. The summed E-state index contributed by atoms with van der Waals surface area (Å²) in [6.45, 7) is 2.13. The molecule has 0 aliphatic heterocycles. The number of rotatable bonds is 3. The van der Waals surface area contributed by atoms with E-state index in [1.165, 1.54) is 12.1 Å². The molecule has 4 heteroatoms. The minimum absolute atomic E-state index is 0.204. The normalized spacial score (nSPS) is 12.7. The van der Waals surface area contributed by atoms with Gasteiger partial charge in [-0.2, -0.15) is 0 Å². The second-order valence-corrected chi connectivity index (χ2v) is 5.08. The summed E-state index contributed by atoms with van der Waals surface area (Å²) in [5.74, 6) is -0.204. The Labute approximate surface area is 116 Å². The summed E-state index contributed by atoms with van der Waals surface area (Å²) in [5, 5.41) is 0. The van der Waals surface area contributed by atoms with Gasteiger partial charge < -0.3 is 10.3 Å². The van der Waals surface area contributed by atoms with E-state index < -0.39 is 0 Å². The number of nitrogens with zero attached hydrogens (tertiary/aromatic N) is 2. The largest absolute Gasteiger partial charge is 0.399 e. The van der Waals surface area contributed by atoms with E-state index in [0.717, 1.165) is 23.0 Å². The van der Waals surface area contributed by atoms with Crippen LogP contribution in [-0.4, -0.2) is 9.55 Å². The topological polar surface area (TPSA) is 43.8 Å². The molecule has 102 valence electrons. The highest BCUT2D eigenvalue weighted by Crippen LogP contribution is 2.22. The van der Waals surface area contributed by atoms with Gasteiger partial charge in [-0.1, -0.05) is 12.1 Å². The van der Waals surface area contributed by atoms with Crippen molar-refractivity contribution in [3.8, 4) is 0 Å². The second kappa shape index (κ2) is 4.96. The highest BCUT2D eigenvalue weighted by Gasteiger charge is 2.10. The molecule has 0 fully saturated rings. The number of nitrogens with two attached hydrogens (primary N) is 1. The Balaban J connectivity index is 1.88. The van der Waals surface area contributed by atoms with Crippen molar-refractivity contribution in [2.75, 3.05) is 5.73 Å². The van der Waals surface area contributed by atoms with Crippen LogP contribution in [0.25, 0.3) is 11.0 Å². The molecule has 1 unspecified atom stereocenters.